The number of rotatable bonds is 12. The number of ether oxygens (including phenoxy) is 1. The predicted octanol–water partition coefficient (Wildman–Crippen LogP) is 7.71. The van der Waals surface area contributed by atoms with Gasteiger partial charge in [-0.1, -0.05) is 13.0 Å². The lowest BCUT2D eigenvalue weighted by atomic mass is 9.71. The first-order valence-corrected chi connectivity index (χ1v) is 24.6. The van der Waals surface area contributed by atoms with E-state index < -0.39 is 41.0 Å². The van der Waals surface area contributed by atoms with E-state index in [0.717, 1.165) is 84.1 Å². The number of halogens is 4. The maximum absolute atomic E-state index is 17.2. The summed E-state index contributed by atoms with van der Waals surface area (Å²) >= 11 is 0. The van der Waals surface area contributed by atoms with Gasteiger partial charge < -0.3 is 29.9 Å². The number of phenols is 1. The van der Waals surface area contributed by atoms with Crippen LogP contribution in [0.3, 0.4) is 0 Å². The summed E-state index contributed by atoms with van der Waals surface area (Å²) in [5.74, 6) is -4.11. The Morgan fingerprint density at radius 3 is 2.24 bits per heavy atom. The lowest BCUT2D eigenvalue weighted by Gasteiger charge is -2.47. The van der Waals surface area contributed by atoms with Crippen molar-refractivity contribution in [3.05, 3.63) is 82.6 Å². The maximum atomic E-state index is 17.2. The molecule has 68 heavy (non-hydrogen) atoms. The first kappa shape index (κ1) is 45.0. The third-order valence-corrected chi connectivity index (χ3v) is 16.2. The van der Waals surface area contributed by atoms with Crippen molar-refractivity contribution < 1.29 is 37.0 Å². The van der Waals surface area contributed by atoms with Gasteiger partial charge in [-0.25, -0.2) is 17.6 Å². The quantitative estimate of drug-likeness (QED) is 0.0839. The number of benzene rings is 3. The molecule has 2 aromatic heterocycles. The highest BCUT2D eigenvalue weighted by Crippen LogP contribution is 2.49. The monoisotopic (exact) mass is 934 g/mol. The molecular weight excluding hydrogens is 877 g/mol. The molecule has 3 unspecified atom stereocenters. The first-order valence-electron chi connectivity index (χ1n) is 24.6. The Morgan fingerprint density at radius 1 is 0.853 bits per heavy atom. The number of piperazine rings is 1. The third kappa shape index (κ3) is 8.65. The fourth-order valence-electron chi connectivity index (χ4n) is 12.0. The van der Waals surface area contributed by atoms with Crippen LogP contribution in [0.1, 0.15) is 93.7 Å². The largest absolute Gasteiger partial charge is 0.508 e. The minimum Gasteiger partial charge on any atom is -0.508 e. The minimum atomic E-state index is -1.00. The number of hydrogen-bond donors (Lipinski definition) is 3. The molecule has 2 bridgehead atoms. The summed E-state index contributed by atoms with van der Waals surface area (Å²) < 4.78 is 69.2. The number of amides is 2. The van der Waals surface area contributed by atoms with Gasteiger partial charge in [-0.2, -0.15) is 9.97 Å². The number of nitrogens with one attached hydrogen (secondary N) is 2. The summed E-state index contributed by atoms with van der Waals surface area (Å²) in [7, 11) is 0. The highest BCUT2D eigenvalue weighted by molar-refractivity contribution is 6.02. The summed E-state index contributed by atoms with van der Waals surface area (Å²) in [5, 5.41) is 18.2. The summed E-state index contributed by atoms with van der Waals surface area (Å²) in [6.07, 6.45) is 11.2. The Balaban J connectivity index is 0.743. The van der Waals surface area contributed by atoms with Gasteiger partial charge in [0.05, 0.1) is 17.9 Å². The number of aromatic nitrogens is 3. The Kier molecular flexibility index (Phi) is 11.8. The first-order chi connectivity index (χ1) is 32.8. The summed E-state index contributed by atoms with van der Waals surface area (Å²) in [6, 6.07) is 9.35. The zero-order chi connectivity index (χ0) is 46.9. The number of fused-ring (bicyclic) bond motifs is 4. The lowest BCUT2D eigenvalue weighted by molar-refractivity contribution is -0.134. The molecule has 11 rings (SSSR count). The van der Waals surface area contributed by atoms with Gasteiger partial charge in [-0.05, 0) is 154 Å². The van der Waals surface area contributed by atoms with Gasteiger partial charge in [0.25, 0.3) is 0 Å². The SMILES string of the molecule is CCc1c(F)ccc2cc(O)cc(-c3ncc4c(N5CC6CCC(C5)N6)nc(OCC5(CN6CCC7(CCN(CCc8cc(F)c(C9CCC(=O)NC9=O)c(F)c8)CC7)CC6)CC5)nc4c3F)c12. The zero-order valence-electron chi connectivity index (χ0n) is 38.5. The van der Waals surface area contributed by atoms with Gasteiger partial charge in [0, 0.05) is 67.4 Å². The van der Waals surface area contributed by atoms with Gasteiger partial charge in [-0.3, -0.25) is 19.9 Å². The fourth-order valence-corrected chi connectivity index (χ4v) is 12.0. The molecule has 0 radical (unpaired) electrons. The molecule has 12 nitrogen and oxygen atoms in total. The summed E-state index contributed by atoms with van der Waals surface area (Å²) in [5.41, 5.74) is 1.30. The molecule has 2 amide bonds. The number of anilines is 1. The van der Waals surface area contributed by atoms with E-state index in [9.17, 15) is 14.7 Å². The number of carbonyl (C=O) groups is 2. The second-order valence-electron chi connectivity index (χ2n) is 20.7. The molecule has 3 aromatic carbocycles. The van der Waals surface area contributed by atoms with Crippen molar-refractivity contribution in [2.24, 2.45) is 10.8 Å². The van der Waals surface area contributed by atoms with Crippen molar-refractivity contribution in [2.75, 3.05) is 63.9 Å². The third-order valence-electron chi connectivity index (χ3n) is 16.2. The molecule has 3 atom stereocenters. The molecule has 3 N–H and O–H groups in total. The number of carbonyl (C=O) groups excluding carboxylic acids is 2. The van der Waals surface area contributed by atoms with E-state index in [4.69, 9.17) is 14.7 Å². The minimum absolute atomic E-state index is 0.0223. The van der Waals surface area contributed by atoms with Crippen LogP contribution in [-0.4, -0.2) is 113 Å². The molecule has 1 saturated carbocycles. The average molecular weight is 935 g/mol. The molecule has 7 heterocycles. The number of phenolic OH excluding ortho intramolecular Hbond substituents is 1. The number of nitrogens with zero attached hydrogens (tertiary/aromatic N) is 6. The number of hydrogen-bond acceptors (Lipinski definition) is 11. The van der Waals surface area contributed by atoms with E-state index in [1.54, 1.807) is 18.3 Å². The zero-order valence-corrected chi connectivity index (χ0v) is 38.5. The van der Waals surface area contributed by atoms with Crippen LogP contribution in [-0.2, 0) is 22.4 Å². The van der Waals surface area contributed by atoms with E-state index >= 15 is 17.6 Å². The van der Waals surface area contributed by atoms with Crippen molar-refractivity contribution in [1.29, 1.82) is 0 Å². The topological polar surface area (TPSA) is 136 Å². The molecular formula is C52H58F4N8O4. The lowest BCUT2D eigenvalue weighted by Crippen LogP contribution is -2.51. The maximum Gasteiger partial charge on any atom is 0.319 e. The average Bonchev–Trinajstić information content (AvgIpc) is 4.01. The van der Waals surface area contributed by atoms with Crippen LogP contribution in [0.25, 0.3) is 32.9 Å². The molecule has 358 valence electrons. The van der Waals surface area contributed by atoms with Gasteiger partial charge in [-0.15, -0.1) is 0 Å². The van der Waals surface area contributed by atoms with Crippen LogP contribution in [0.15, 0.2) is 42.6 Å². The summed E-state index contributed by atoms with van der Waals surface area (Å²) in [4.78, 5) is 45.3. The van der Waals surface area contributed by atoms with Crippen molar-refractivity contribution in [3.63, 3.8) is 0 Å². The van der Waals surface area contributed by atoms with Crippen LogP contribution in [0.5, 0.6) is 11.8 Å². The van der Waals surface area contributed by atoms with Crippen molar-refractivity contribution in [1.82, 2.24) is 35.4 Å². The number of imide groups is 1. The molecule has 5 aromatic rings. The van der Waals surface area contributed by atoms with Crippen molar-refractivity contribution >= 4 is 39.3 Å². The molecule has 5 aliphatic heterocycles. The normalized spacial score (nSPS) is 23.7. The van der Waals surface area contributed by atoms with Crippen molar-refractivity contribution in [3.8, 4) is 23.0 Å². The Morgan fingerprint density at radius 2 is 1.56 bits per heavy atom. The van der Waals surface area contributed by atoms with Crippen LogP contribution in [0.4, 0.5) is 23.4 Å². The number of aromatic hydroxyl groups is 1. The number of aryl methyl sites for hydroxylation is 1. The van der Waals surface area contributed by atoms with Crippen LogP contribution < -0.4 is 20.3 Å². The predicted molar refractivity (Wildman–Crippen MR) is 250 cm³/mol. The van der Waals surface area contributed by atoms with Crippen molar-refractivity contribution in [2.45, 2.75) is 102 Å². The number of likely N-dealkylation sites (tertiary alicyclic amines) is 2. The van der Waals surface area contributed by atoms with E-state index in [1.807, 2.05) is 6.92 Å². The van der Waals surface area contributed by atoms with E-state index in [2.05, 4.69) is 30.3 Å². The Labute approximate surface area is 392 Å². The molecule has 5 saturated heterocycles. The Bertz CT molecular complexity index is 2770. The smallest absolute Gasteiger partial charge is 0.319 e. The van der Waals surface area contributed by atoms with E-state index in [0.29, 0.717) is 89.8 Å². The standard InChI is InChI=1S/C52H58F4N8O4/c1-2-35-39(53)7-3-31-23-34(65)24-37(43(31)35)46-45(56)47-38(25-57-46)48(64-26-32-4-5-33(27-64)58-32)61-50(60-47)68-29-52(10-11-52)28-63-19-14-51(15-20-63)12-17-62(18-13-51)16-9-30-21-40(54)44(41(55)22-30)36-6-8-42(66)59-49(36)67/h3,7,21-25,32-33,36,58,65H,2,4-6,8-20,26-29H2,1H3,(H,59,66,67). The molecule has 1 aliphatic carbocycles. The van der Waals surface area contributed by atoms with Gasteiger partial charge in [0.2, 0.25) is 11.8 Å². The van der Waals surface area contributed by atoms with E-state index in [1.165, 1.54) is 24.3 Å². The number of pyridine rings is 1. The van der Waals surface area contributed by atoms with Gasteiger partial charge in [0.15, 0.2) is 5.82 Å². The van der Waals surface area contributed by atoms with Crippen LogP contribution >= 0.6 is 0 Å². The molecule has 16 heteroatoms. The fraction of sp³-hybridized carbons (Fsp3) is 0.519. The Hall–Kier alpha value is -5.45. The highest BCUT2D eigenvalue weighted by atomic mass is 19.1. The van der Waals surface area contributed by atoms with Gasteiger partial charge >= 0.3 is 6.01 Å². The second-order valence-corrected chi connectivity index (χ2v) is 20.7. The second kappa shape index (κ2) is 17.8. The van der Waals surface area contributed by atoms with Crippen LogP contribution in [0.2, 0.25) is 0 Å². The molecule has 6 aliphatic rings. The van der Waals surface area contributed by atoms with Crippen LogP contribution in [0, 0.1) is 34.1 Å². The molecule has 6 fully saturated rings. The number of piperidine rings is 3. The highest BCUT2D eigenvalue weighted by Gasteiger charge is 2.47. The van der Waals surface area contributed by atoms with Gasteiger partial charge in [0.1, 0.15) is 40.2 Å². The molecule has 1 spiro atoms. The van der Waals surface area contributed by atoms with E-state index in [-0.39, 0.29) is 52.2 Å². The summed E-state index contributed by atoms with van der Waals surface area (Å²) in [6.45, 7) is 9.13.